The highest BCUT2D eigenvalue weighted by Crippen LogP contribution is 2.36. The van der Waals surface area contributed by atoms with E-state index in [2.05, 4.69) is 22.5 Å². The number of benzene rings is 2. The second-order valence-electron chi connectivity index (χ2n) is 12.5. The SMILES string of the molecule is CCCCN1C(=O)[C@@H]([C@H](O)C2CCC(O)CC2)NC(=O)C12CCN(Cc1ccc(Oc3ccc(C(=O)NC)cc3)cc1)CC2.Cl. The van der Waals surface area contributed by atoms with Gasteiger partial charge in [0, 0.05) is 38.8 Å². The molecule has 3 fully saturated rings. The summed E-state index contributed by atoms with van der Waals surface area (Å²) in [6, 6.07) is 13.9. The number of hydrogen-bond donors (Lipinski definition) is 4. The average molecular weight is 643 g/mol. The number of carbonyl (C=O) groups excluding carboxylic acids is 3. The lowest BCUT2D eigenvalue weighted by Gasteiger charge is -2.52. The van der Waals surface area contributed by atoms with E-state index in [1.807, 2.05) is 24.3 Å². The third-order valence-corrected chi connectivity index (χ3v) is 9.65. The minimum atomic E-state index is -0.950. The number of nitrogens with one attached hydrogen (secondary N) is 2. The summed E-state index contributed by atoms with van der Waals surface area (Å²) < 4.78 is 5.95. The van der Waals surface area contributed by atoms with Gasteiger partial charge in [-0.2, -0.15) is 0 Å². The predicted molar refractivity (Wildman–Crippen MR) is 173 cm³/mol. The van der Waals surface area contributed by atoms with Crippen LogP contribution in [-0.2, 0) is 16.1 Å². The van der Waals surface area contributed by atoms with Crippen LogP contribution in [0.4, 0.5) is 0 Å². The molecule has 1 aliphatic carbocycles. The molecule has 2 atom stereocenters. The lowest BCUT2D eigenvalue weighted by molar-refractivity contribution is -0.166. The number of carbonyl (C=O) groups is 3. The molecule has 2 heterocycles. The van der Waals surface area contributed by atoms with Crippen molar-refractivity contribution in [2.75, 3.05) is 26.7 Å². The third kappa shape index (κ3) is 7.80. The number of nitrogens with zero attached hydrogens (tertiary/aromatic N) is 2. The van der Waals surface area contributed by atoms with Crippen LogP contribution in [0.3, 0.4) is 0 Å². The zero-order valence-corrected chi connectivity index (χ0v) is 27.1. The van der Waals surface area contributed by atoms with Gasteiger partial charge in [0.05, 0.1) is 12.2 Å². The summed E-state index contributed by atoms with van der Waals surface area (Å²) in [5, 5.41) is 26.6. The van der Waals surface area contributed by atoms with Crippen molar-refractivity contribution in [3.8, 4) is 11.5 Å². The number of piperidine rings is 1. The van der Waals surface area contributed by atoms with Crippen molar-refractivity contribution < 1.29 is 29.3 Å². The van der Waals surface area contributed by atoms with Gasteiger partial charge in [0.1, 0.15) is 23.1 Å². The molecule has 246 valence electrons. The van der Waals surface area contributed by atoms with Crippen LogP contribution in [0, 0.1) is 5.92 Å². The highest BCUT2D eigenvalue weighted by molar-refractivity contribution is 6.00. The molecule has 3 amide bonds. The Morgan fingerprint density at radius 3 is 2.20 bits per heavy atom. The second kappa shape index (κ2) is 15.4. The number of rotatable bonds is 10. The van der Waals surface area contributed by atoms with Crippen molar-refractivity contribution in [3.63, 3.8) is 0 Å². The molecule has 0 radical (unpaired) electrons. The highest BCUT2D eigenvalue weighted by Gasteiger charge is 2.55. The van der Waals surface area contributed by atoms with E-state index in [4.69, 9.17) is 4.74 Å². The van der Waals surface area contributed by atoms with Crippen molar-refractivity contribution in [3.05, 3.63) is 59.7 Å². The summed E-state index contributed by atoms with van der Waals surface area (Å²) >= 11 is 0. The standard InChI is InChI=1S/C34H46N4O6.ClH/c1-3-4-19-38-32(42)29(30(40)24-7-11-26(39)12-8-24)36-33(43)34(38)17-20-37(21-18-34)22-23-5-13-27(14-6-23)44-28-15-9-25(10-16-28)31(41)35-2;/h5-6,9-10,13-16,24,26,29-30,39-40H,3-4,7-8,11-12,17-22H2,1-2H3,(H,35,41)(H,36,43);1H/t24?,26?,29-,30-;/m1./s1. The van der Waals surface area contributed by atoms with Crippen molar-refractivity contribution in [1.29, 1.82) is 0 Å². The molecule has 3 aliphatic rings. The van der Waals surface area contributed by atoms with Gasteiger partial charge in [-0.15, -0.1) is 12.4 Å². The van der Waals surface area contributed by atoms with Crippen LogP contribution >= 0.6 is 12.4 Å². The normalized spacial score (nSPS) is 24.0. The molecule has 4 N–H and O–H groups in total. The van der Waals surface area contributed by atoms with E-state index in [0.29, 0.717) is 75.2 Å². The summed E-state index contributed by atoms with van der Waals surface area (Å²) in [5.41, 5.74) is 0.795. The fourth-order valence-electron chi connectivity index (χ4n) is 6.88. The lowest BCUT2D eigenvalue weighted by atomic mass is 9.77. The van der Waals surface area contributed by atoms with Crippen molar-refractivity contribution in [2.45, 2.75) is 88.6 Å². The number of amides is 3. The maximum atomic E-state index is 13.9. The number of hydrogen-bond acceptors (Lipinski definition) is 7. The quantitative estimate of drug-likeness (QED) is 0.311. The molecule has 1 spiro atoms. The first-order chi connectivity index (χ1) is 21.2. The molecule has 0 unspecified atom stereocenters. The Morgan fingerprint density at radius 1 is 1.02 bits per heavy atom. The fraction of sp³-hybridized carbons (Fsp3) is 0.559. The molecule has 0 aromatic heterocycles. The number of aliphatic hydroxyl groups is 2. The number of piperazine rings is 1. The van der Waals surface area contributed by atoms with Crippen molar-refractivity contribution in [2.24, 2.45) is 5.92 Å². The van der Waals surface area contributed by atoms with E-state index in [1.54, 1.807) is 36.2 Å². The van der Waals surface area contributed by atoms with E-state index in [1.165, 1.54) is 0 Å². The van der Waals surface area contributed by atoms with Crippen molar-refractivity contribution >= 4 is 30.1 Å². The first-order valence-corrected chi connectivity index (χ1v) is 16.0. The first-order valence-electron chi connectivity index (χ1n) is 16.0. The Morgan fingerprint density at radius 2 is 1.62 bits per heavy atom. The van der Waals surface area contributed by atoms with Crippen LogP contribution in [-0.4, -0.2) is 88.2 Å². The van der Waals surface area contributed by atoms with E-state index in [-0.39, 0.29) is 42.2 Å². The van der Waals surface area contributed by atoms with Crippen LogP contribution in [0.5, 0.6) is 11.5 Å². The third-order valence-electron chi connectivity index (χ3n) is 9.65. The first kappa shape index (κ1) is 34.7. The fourth-order valence-corrected chi connectivity index (χ4v) is 6.88. The summed E-state index contributed by atoms with van der Waals surface area (Å²) in [6.45, 7) is 4.64. The van der Waals surface area contributed by atoms with Gasteiger partial charge in [-0.25, -0.2) is 0 Å². The number of halogens is 1. The van der Waals surface area contributed by atoms with Gasteiger partial charge in [0.2, 0.25) is 11.8 Å². The Bertz CT molecular complexity index is 1290. The number of aliphatic hydroxyl groups excluding tert-OH is 2. The van der Waals surface area contributed by atoms with E-state index >= 15 is 0 Å². The zero-order chi connectivity index (χ0) is 31.3. The van der Waals surface area contributed by atoms with Crippen LogP contribution in [0.15, 0.2) is 48.5 Å². The maximum Gasteiger partial charge on any atom is 0.251 e. The van der Waals surface area contributed by atoms with Gasteiger partial charge >= 0.3 is 0 Å². The summed E-state index contributed by atoms with van der Waals surface area (Å²) in [7, 11) is 1.60. The van der Waals surface area contributed by atoms with Crippen LogP contribution in [0.2, 0.25) is 0 Å². The molecule has 2 aromatic rings. The van der Waals surface area contributed by atoms with Crippen LogP contribution in [0.1, 0.15) is 74.2 Å². The van der Waals surface area contributed by atoms with E-state index in [0.717, 1.165) is 24.9 Å². The topological polar surface area (TPSA) is 131 Å². The van der Waals surface area contributed by atoms with Gasteiger partial charge in [-0.1, -0.05) is 25.5 Å². The average Bonchev–Trinajstić information content (AvgIpc) is 3.04. The van der Waals surface area contributed by atoms with E-state index in [9.17, 15) is 24.6 Å². The summed E-state index contributed by atoms with van der Waals surface area (Å²) in [4.78, 5) is 43.4. The van der Waals surface area contributed by atoms with Gasteiger partial charge in [0.15, 0.2) is 0 Å². The Balaban J connectivity index is 0.00000461. The van der Waals surface area contributed by atoms with Gasteiger partial charge in [-0.3, -0.25) is 19.3 Å². The minimum absolute atomic E-state index is 0. The zero-order valence-electron chi connectivity index (χ0n) is 26.2. The van der Waals surface area contributed by atoms with Crippen LogP contribution in [0.25, 0.3) is 0 Å². The van der Waals surface area contributed by atoms with Crippen molar-refractivity contribution in [1.82, 2.24) is 20.4 Å². The minimum Gasteiger partial charge on any atom is -0.457 e. The Labute approximate surface area is 271 Å². The molecule has 2 saturated heterocycles. The molecule has 5 rings (SSSR count). The number of unbranched alkanes of at least 4 members (excludes halogenated alkanes) is 1. The van der Waals surface area contributed by atoms with E-state index < -0.39 is 17.7 Å². The molecule has 1 saturated carbocycles. The maximum absolute atomic E-state index is 13.9. The van der Waals surface area contributed by atoms with Gasteiger partial charge < -0.3 is 30.5 Å². The smallest absolute Gasteiger partial charge is 0.251 e. The molecule has 2 aliphatic heterocycles. The molecule has 10 nitrogen and oxygen atoms in total. The van der Waals surface area contributed by atoms with Crippen LogP contribution < -0.4 is 15.4 Å². The molecule has 2 aromatic carbocycles. The largest absolute Gasteiger partial charge is 0.457 e. The molecular weight excluding hydrogens is 596 g/mol. The molecule has 0 bridgehead atoms. The molecular formula is C34H47ClN4O6. The Hall–Kier alpha value is -3.18. The summed E-state index contributed by atoms with van der Waals surface area (Å²) in [5.74, 6) is 0.759. The predicted octanol–water partition coefficient (Wildman–Crippen LogP) is 3.63. The molecule has 45 heavy (non-hydrogen) atoms. The number of likely N-dealkylation sites (tertiary alicyclic amines) is 1. The lowest BCUT2D eigenvalue weighted by Crippen LogP contribution is -2.75. The Kier molecular flexibility index (Phi) is 11.9. The summed E-state index contributed by atoms with van der Waals surface area (Å²) in [6.07, 6.45) is 4.01. The van der Waals surface area contributed by atoms with Gasteiger partial charge in [-0.05, 0) is 92.8 Å². The highest BCUT2D eigenvalue weighted by atomic mass is 35.5. The number of ether oxygens (including phenoxy) is 1. The van der Waals surface area contributed by atoms with Gasteiger partial charge in [0.25, 0.3) is 5.91 Å². The monoisotopic (exact) mass is 642 g/mol. The second-order valence-corrected chi connectivity index (χ2v) is 12.5. The molecule has 11 heteroatoms.